The fraction of sp³-hybridized carbons (Fsp3) is 0.154. The lowest BCUT2D eigenvalue weighted by Crippen LogP contribution is -2.48. The molecule has 0 bridgehead atoms. The van der Waals surface area contributed by atoms with Gasteiger partial charge >= 0.3 is 0 Å². The average Bonchev–Trinajstić information content (AvgIpc) is 2.93. The van der Waals surface area contributed by atoms with Crippen molar-refractivity contribution in [2.75, 3.05) is 0 Å². The number of carboxylic acids is 1. The molecular formula is C13H12NO4S2-. The van der Waals surface area contributed by atoms with Crippen LogP contribution in [0, 0.1) is 0 Å². The van der Waals surface area contributed by atoms with Crippen molar-refractivity contribution in [1.29, 1.82) is 0 Å². The smallest absolute Gasteiger partial charge is 0.250 e. The number of carbonyl (C=O) groups is 1. The molecule has 0 aliphatic heterocycles. The Labute approximate surface area is 120 Å². The van der Waals surface area contributed by atoms with E-state index in [2.05, 4.69) is 4.72 Å². The van der Waals surface area contributed by atoms with Crippen molar-refractivity contribution in [3.8, 4) is 0 Å². The third kappa shape index (κ3) is 3.66. The van der Waals surface area contributed by atoms with Gasteiger partial charge < -0.3 is 9.90 Å². The van der Waals surface area contributed by atoms with Gasteiger partial charge in [0.1, 0.15) is 4.21 Å². The van der Waals surface area contributed by atoms with Crippen molar-refractivity contribution < 1.29 is 18.3 Å². The molecule has 1 aromatic carbocycles. The summed E-state index contributed by atoms with van der Waals surface area (Å²) >= 11 is 1.03. The Morgan fingerprint density at radius 1 is 1.20 bits per heavy atom. The molecule has 0 spiro atoms. The molecule has 0 unspecified atom stereocenters. The zero-order valence-electron chi connectivity index (χ0n) is 10.4. The summed E-state index contributed by atoms with van der Waals surface area (Å²) in [7, 11) is -3.83. The molecule has 2 rings (SSSR count). The van der Waals surface area contributed by atoms with Crippen molar-refractivity contribution in [3.05, 3.63) is 53.4 Å². The molecule has 0 saturated heterocycles. The second-order valence-electron chi connectivity index (χ2n) is 4.11. The zero-order valence-corrected chi connectivity index (χ0v) is 12.0. The van der Waals surface area contributed by atoms with Crippen LogP contribution in [-0.2, 0) is 21.2 Å². The predicted molar refractivity (Wildman–Crippen MR) is 73.6 cm³/mol. The number of aliphatic carboxylic acids is 1. The van der Waals surface area contributed by atoms with Crippen molar-refractivity contribution in [1.82, 2.24) is 4.72 Å². The van der Waals surface area contributed by atoms with Crippen LogP contribution in [0.3, 0.4) is 0 Å². The molecule has 1 atom stereocenters. The van der Waals surface area contributed by atoms with Gasteiger partial charge in [-0.15, -0.1) is 11.3 Å². The highest BCUT2D eigenvalue weighted by Crippen LogP contribution is 2.16. The van der Waals surface area contributed by atoms with Gasteiger partial charge in [-0.05, 0) is 23.4 Å². The van der Waals surface area contributed by atoms with E-state index in [4.69, 9.17) is 0 Å². The lowest BCUT2D eigenvalue weighted by molar-refractivity contribution is -0.307. The number of nitrogens with one attached hydrogen (secondary N) is 1. The summed E-state index contributed by atoms with van der Waals surface area (Å²) in [6.07, 6.45) is 0.0355. The number of sulfonamides is 1. The van der Waals surface area contributed by atoms with Crippen LogP contribution in [0.1, 0.15) is 5.56 Å². The second-order valence-corrected chi connectivity index (χ2v) is 7.00. The maximum atomic E-state index is 12.0. The van der Waals surface area contributed by atoms with E-state index < -0.39 is 22.0 Å². The number of carboxylic acid groups (broad SMARTS) is 1. The largest absolute Gasteiger partial charge is 0.548 e. The zero-order chi connectivity index (χ0) is 14.6. The van der Waals surface area contributed by atoms with Gasteiger partial charge in [-0.2, -0.15) is 0 Å². The van der Waals surface area contributed by atoms with E-state index in [0.29, 0.717) is 0 Å². The van der Waals surface area contributed by atoms with Crippen molar-refractivity contribution in [3.63, 3.8) is 0 Å². The molecule has 106 valence electrons. The molecule has 0 saturated carbocycles. The first-order chi connectivity index (χ1) is 9.49. The normalized spacial score (nSPS) is 13.0. The van der Waals surface area contributed by atoms with E-state index in [9.17, 15) is 18.3 Å². The lowest BCUT2D eigenvalue weighted by Gasteiger charge is -2.19. The first kappa shape index (κ1) is 14.7. The quantitative estimate of drug-likeness (QED) is 0.836. The summed E-state index contributed by atoms with van der Waals surface area (Å²) < 4.78 is 26.3. The summed E-state index contributed by atoms with van der Waals surface area (Å²) in [5.41, 5.74) is 0.718. The van der Waals surface area contributed by atoms with Crippen molar-refractivity contribution in [2.24, 2.45) is 0 Å². The van der Waals surface area contributed by atoms with Gasteiger partial charge in [0.05, 0.1) is 12.0 Å². The van der Waals surface area contributed by atoms with Crippen LogP contribution in [0.5, 0.6) is 0 Å². The van der Waals surface area contributed by atoms with Crippen LogP contribution in [0.15, 0.2) is 52.1 Å². The van der Waals surface area contributed by atoms with E-state index in [0.717, 1.165) is 16.9 Å². The number of carbonyl (C=O) groups excluding carboxylic acids is 1. The molecule has 1 aromatic heterocycles. The Kier molecular flexibility index (Phi) is 4.53. The van der Waals surface area contributed by atoms with Crippen LogP contribution in [0.2, 0.25) is 0 Å². The first-order valence-electron chi connectivity index (χ1n) is 5.79. The van der Waals surface area contributed by atoms with Crippen LogP contribution >= 0.6 is 11.3 Å². The van der Waals surface area contributed by atoms with Gasteiger partial charge in [-0.1, -0.05) is 36.4 Å². The van der Waals surface area contributed by atoms with E-state index >= 15 is 0 Å². The second kappa shape index (κ2) is 6.17. The Hall–Kier alpha value is -1.70. The molecule has 0 radical (unpaired) electrons. The van der Waals surface area contributed by atoms with Crippen molar-refractivity contribution in [2.45, 2.75) is 16.7 Å². The molecular weight excluding hydrogens is 298 g/mol. The maximum absolute atomic E-state index is 12.0. The standard InChI is InChI=1S/C13H13NO4S2/c15-13(16)11(9-10-5-2-1-3-6-10)14-20(17,18)12-7-4-8-19-12/h1-8,11,14H,9H2,(H,15,16)/p-1/t11-/m1/s1. The lowest BCUT2D eigenvalue weighted by atomic mass is 10.1. The number of hydrogen-bond donors (Lipinski definition) is 1. The Morgan fingerprint density at radius 3 is 2.45 bits per heavy atom. The van der Waals surface area contributed by atoms with Gasteiger partial charge in [0.15, 0.2) is 0 Å². The molecule has 0 aliphatic rings. The van der Waals surface area contributed by atoms with E-state index in [1.165, 1.54) is 6.07 Å². The number of thiophene rings is 1. The minimum absolute atomic E-state index is 0.0355. The summed E-state index contributed by atoms with van der Waals surface area (Å²) in [4.78, 5) is 11.1. The fourth-order valence-corrected chi connectivity index (χ4v) is 3.88. The Bertz CT molecular complexity index is 666. The van der Waals surface area contributed by atoms with E-state index in [1.807, 2.05) is 0 Å². The van der Waals surface area contributed by atoms with Gasteiger partial charge in [-0.3, -0.25) is 0 Å². The van der Waals surface area contributed by atoms with Crippen LogP contribution < -0.4 is 9.83 Å². The number of benzene rings is 1. The molecule has 20 heavy (non-hydrogen) atoms. The van der Waals surface area contributed by atoms with Crippen LogP contribution in [0.25, 0.3) is 0 Å². The summed E-state index contributed by atoms with van der Waals surface area (Å²) in [5, 5.41) is 12.7. The first-order valence-corrected chi connectivity index (χ1v) is 8.16. The number of hydrogen-bond acceptors (Lipinski definition) is 5. The van der Waals surface area contributed by atoms with Crippen LogP contribution in [-0.4, -0.2) is 20.4 Å². The minimum Gasteiger partial charge on any atom is -0.548 e. The SMILES string of the molecule is O=C([O-])[C@@H](Cc1ccccc1)NS(=O)(=O)c1cccs1. The topological polar surface area (TPSA) is 86.3 Å². The highest BCUT2D eigenvalue weighted by atomic mass is 32.2. The van der Waals surface area contributed by atoms with Gasteiger partial charge in [-0.25, -0.2) is 13.1 Å². The monoisotopic (exact) mass is 310 g/mol. The molecule has 0 fully saturated rings. The summed E-state index contributed by atoms with van der Waals surface area (Å²) in [5.74, 6) is -1.45. The molecule has 7 heteroatoms. The van der Waals surface area contributed by atoms with Crippen molar-refractivity contribution >= 4 is 27.3 Å². The highest BCUT2D eigenvalue weighted by Gasteiger charge is 2.21. The predicted octanol–water partition coefficient (Wildman–Crippen LogP) is 0.388. The number of rotatable bonds is 6. The molecule has 5 nitrogen and oxygen atoms in total. The molecule has 0 amide bonds. The average molecular weight is 310 g/mol. The van der Waals surface area contributed by atoms with Gasteiger partial charge in [0, 0.05) is 0 Å². The van der Waals surface area contributed by atoms with Crippen LogP contribution in [0.4, 0.5) is 0 Å². The van der Waals surface area contributed by atoms with Gasteiger partial charge in [0.2, 0.25) is 0 Å². The third-order valence-corrected chi connectivity index (χ3v) is 5.49. The van der Waals surface area contributed by atoms with E-state index in [-0.39, 0.29) is 10.6 Å². The molecule has 0 aliphatic carbocycles. The van der Waals surface area contributed by atoms with Gasteiger partial charge in [0.25, 0.3) is 10.0 Å². The maximum Gasteiger partial charge on any atom is 0.250 e. The minimum atomic E-state index is -3.83. The highest BCUT2D eigenvalue weighted by molar-refractivity contribution is 7.91. The Morgan fingerprint density at radius 2 is 1.90 bits per heavy atom. The fourth-order valence-electron chi connectivity index (χ4n) is 1.68. The summed E-state index contributed by atoms with van der Waals surface area (Å²) in [6.45, 7) is 0. The molecule has 1 heterocycles. The summed E-state index contributed by atoms with van der Waals surface area (Å²) in [6, 6.07) is 10.5. The molecule has 2 aromatic rings. The molecule has 1 N–H and O–H groups in total. The third-order valence-electron chi connectivity index (χ3n) is 2.62. The van der Waals surface area contributed by atoms with E-state index in [1.54, 1.807) is 41.8 Å². The Balaban J connectivity index is 2.17.